The fourth-order valence-corrected chi connectivity index (χ4v) is 4.67. The molecule has 2 aromatic rings. The average Bonchev–Trinajstić information content (AvgIpc) is 2.69. The van der Waals surface area contributed by atoms with Crippen molar-refractivity contribution in [3.63, 3.8) is 0 Å². The largest absolute Gasteiger partial charge is 0.324 e. The Hall–Kier alpha value is -2.47. The summed E-state index contributed by atoms with van der Waals surface area (Å²) in [6, 6.07) is 10.8. The quantitative estimate of drug-likeness (QED) is 0.861. The Morgan fingerprint density at radius 2 is 1.93 bits per heavy atom. The number of aromatic nitrogens is 1. The van der Waals surface area contributed by atoms with Crippen LogP contribution in [0.25, 0.3) is 0 Å². The molecule has 0 bridgehead atoms. The van der Waals surface area contributed by atoms with Gasteiger partial charge >= 0.3 is 6.03 Å². The number of hydrogen-bond acceptors (Lipinski definition) is 3. The van der Waals surface area contributed by atoms with Crippen LogP contribution in [0.4, 0.5) is 14.9 Å². The number of urea groups is 1. The molecule has 1 atom stereocenters. The minimum atomic E-state index is -0.306. The van der Waals surface area contributed by atoms with Crippen molar-refractivity contribution in [3.8, 4) is 0 Å². The van der Waals surface area contributed by atoms with Gasteiger partial charge in [-0.05, 0) is 62.6 Å². The zero-order chi connectivity index (χ0) is 19.7. The van der Waals surface area contributed by atoms with E-state index in [4.69, 9.17) is 0 Å². The van der Waals surface area contributed by atoms with E-state index in [9.17, 15) is 9.18 Å². The lowest BCUT2D eigenvalue weighted by molar-refractivity contribution is -0.123. The van der Waals surface area contributed by atoms with Gasteiger partial charge in [0, 0.05) is 55.2 Å². The Kier molecular flexibility index (Phi) is 5.06. The Labute approximate surface area is 165 Å². The fourth-order valence-electron chi connectivity index (χ4n) is 4.67. The molecule has 6 heteroatoms. The molecule has 2 aliphatic rings. The molecule has 1 aromatic carbocycles. The third-order valence-electron chi connectivity index (χ3n) is 6.21. The lowest BCUT2D eigenvalue weighted by Crippen LogP contribution is -2.64. The van der Waals surface area contributed by atoms with Crippen LogP contribution in [-0.4, -0.2) is 46.5 Å². The number of likely N-dealkylation sites (tertiary alicyclic amines) is 2. The number of pyridine rings is 1. The van der Waals surface area contributed by atoms with Crippen LogP contribution in [0.15, 0.2) is 48.8 Å². The van der Waals surface area contributed by atoms with E-state index in [2.05, 4.69) is 35.1 Å². The summed E-state index contributed by atoms with van der Waals surface area (Å²) in [7, 11) is 0. The number of piperidine rings is 1. The van der Waals surface area contributed by atoms with Crippen LogP contribution in [-0.2, 0) is 0 Å². The van der Waals surface area contributed by atoms with Gasteiger partial charge in [0.2, 0.25) is 0 Å². The predicted molar refractivity (Wildman–Crippen MR) is 107 cm³/mol. The molecule has 4 rings (SSSR count). The molecule has 1 spiro atoms. The summed E-state index contributed by atoms with van der Waals surface area (Å²) in [5.41, 5.74) is 2.10. The summed E-state index contributed by atoms with van der Waals surface area (Å²) in [4.78, 5) is 21.3. The Balaban J connectivity index is 1.42. The zero-order valence-electron chi connectivity index (χ0n) is 16.4. The highest BCUT2D eigenvalue weighted by atomic mass is 19.1. The van der Waals surface area contributed by atoms with E-state index in [1.807, 2.05) is 23.4 Å². The lowest BCUT2D eigenvalue weighted by Gasteiger charge is -2.62. The van der Waals surface area contributed by atoms with E-state index in [0.29, 0.717) is 17.8 Å². The van der Waals surface area contributed by atoms with E-state index < -0.39 is 0 Å². The standard InChI is InChI=1S/C22H27FN4O/c1-16(2)27-15-22(20(27)17-4-3-11-24-14-17)9-12-26(13-10-22)21(28)25-19-7-5-18(23)6-8-19/h3-8,11,14,16,20H,9-10,12-13,15H2,1-2H3,(H,25,28). The van der Waals surface area contributed by atoms with E-state index in [0.717, 1.165) is 32.5 Å². The van der Waals surface area contributed by atoms with Gasteiger partial charge in [-0.1, -0.05) is 6.07 Å². The van der Waals surface area contributed by atoms with Gasteiger partial charge < -0.3 is 10.2 Å². The second-order valence-electron chi connectivity index (χ2n) is 8.24. The molecule has 0 radical (unpaired) electrons. The van der Waals surface area contributed by atoms with Crippen molar-refractivity contribution >= 4 is 11.7 Å². The molecular formula is C22H27FN4O. The Morgan fingerprint density at radius 3 is 2.54 bits per heavy atom. The highest BCUT2D eigenvalue weighted by Crippen LogP contribution is 2.55. The SMILES string of the molecule is CC(C)N1CC2(CCN(C(=O)Nc3ccc(F)cc3)CC2)C1c1cccnc1. The van der Waals surface area contributed by atoms with Crippen LogP contribution in [0.1, 0.15) is 38.3 Å². The number of rotatable bonds is 3. The molecular weight excluding hydrogens is 355 g/mol. The maximum absolute atomic E-state index is 13.0. The molecule has 5 nitrogen and oxygen atoms in total. The molecule has 2 amide bonds. The van der Waals surface area contributed by atoms with Gasteiger partial charge in [0.05, 0.1) is 0 Å². The summed E-state index contributed by atoms with van der Waals surface area (Å²) >= 11 is 0. The van der Waals surface area contributed by atoms with Gasteiger partial charge in [-0.25, -0.2) is 9.18 Å². The molecule has 1 N–H and O–H groups in total. The second-order valence-corrected chi connectivity index (χ2v) is 8.24. The molecule has 28 heavy (non-hydrogen) atoms. The number of nitrogens with zero attached hydrogens (tertiary/aromatic N) is 3. The molecule has 2 fully saturated rings. The van der Waals surface area contributed by atoms with E-state index >= 15 is 0 Å². The number of carbonyl (C=O) groups excluding carboxylic acids is 1. The van der Waals surface area contributed by atoms with Crippen LogP contribution in [0.2, 0.25) is 0 Å². The molecule has 1 aromatic heterocycles. The van der Waals surface area contributed by atoms with Crippen molar-refractivity contribution in [2.24, 2.45) is 5.41 Å². The number of anilines is 1. The van der Waals surface area contributed by atoms with Gasteiger partial charge in [-0.3, -0.25) is 9.88 Å². The fraction of sp³-hybridized carbons (Fsp3) is 0.455. The number of halogens is 1. The monoisotopic (exact) mass is 382 g/mol. The van der Waals surface area contributed by atoms with Crippen molar-refractivity contribution in [1.29, 1.82) is 0 Å². The van der Waals surface area contributed by atoms with Gasteiger partial charge in [-0.15, -0.1) is 0 Å². The first-order valence-electron chi connectivity index (χ1n) is 9.96. The van der Waals surface area contributed by atoms with Gasteiger partial charge in [-0.2, -0.15) is 0 Å². The smallest absolute Gasteiger partial charge is 0.321 e. The van der Waals surface area contributed by atoms with Crippen LogP contribution in [0.5, 0.6) is 0 Å². The Morgan fingerprint density at radius 1 is 1.21 bits per heavy atom. The van der Waals surface area contributed by atoms with Gasteiger partial charge in [0.15, 0.2) is 0 Å². The van der Waals surface area contributed by atoms with Crippen molar-refractivity contribution in [2.45, 2.75) is 38.8 Å². The number of nitrogens with one attached hydrogen (secondary N) is 1. The lowest BCUT2D eigenvalue weighted by atomic mass is 9.63. The molecule has 148 valence electrons. The molecule has 0 aliphatic carbocycles. The number of carbonyl (C=O) groups is 1. The molecule has 3 heterocycles. The Bertz CT molecular complexity index is 816. The normalized spacial score (nSPS) is 21.6. The zero-order valence-corrected chi connectivity index (χ0v) is 16.4. The first kappa shape index (κ1) is 18.9. The third-order valence-corrected chi connectivity index (χ3v) is 6.21. The van der Waals surface area contributed by atoms with Gasteiger partial charge in [0.1, 0.15) is 5.82 Å². The summed E-state index contributed by atoms with van der Waals surface area (Å²) in [6.45, 7) is 7.01. The summed E-state index contributed by atoms with van der Waals surface area (Å²) < 4.78 is 13.0. The van der Waals surface area contributed by atoms with Crippen LogP contribution in [0.3, 0.4) is 0 Å². The molecule has 1 unspecified atom stereocenters. The van der Waals surface area contributed by atoms with E-state index in [1.54, 1.807) is 12.1 Å². The number of hydrogen-bond donors (Lipinski definition) is 1. The number of benzene rings is 1. The van der Waals surface area contributed by atoms with Crippen molar-refractivity contribution < 1.29 is 9.18 Å². The summed E-state index contributed by atoms with van der Waals surface area (Å²) in [5.74, 6) is -0.306. The van der Waals surface area contributed by atoms with E-state index in [1.165, 1.54) is 17.7 Å². The summed E-state index contributed by atoms with van der Waals surface area (Å²) in [6.07, 6.45) is 5.75. The highest BCUT2D eigenvalue weighted by molar-refractivity contribution is 5.89. The van der Waals surface area contributed by atoms with Crippen LogP contribution in [0, 0.1) is 11.2 Å². The molecule has 0 saturated carbocycles. The topological polar surface area (TPSA) is 48.5 Å². The highest BCUT2D eigenvalue weighted by Gasteiger charge is 2.54. The third kappa shape index (κ3) is 3.49. The molecule has 2 aliphatic heterocycles. The van der Waals surface area contributed by atoms with Crippen molar-refractivity contribution in [1.82, 2.24) is 14.8 Å². The average molecular weight is 382 g/mol. The van der Waals surface area contributed by atoms with Crippen LogP contribution >= 0.6 is 0 Å². The minimum absolute atomic E-state index is 0.112. The van der Waals surface area contributed by atoms with Gasteiger partial charge in [0.25, 0.3) is 0 Å². The molecule has 2 saturated heterocycles. The van der Waals surface area contributed by atoms with Crippen LogP contribution < -0.4 is 5.32 Å². The first-order chi connectivity index (χ1) is 13.5. The summed E-state index contributed by atoms with van der Waals surface area (Å²) in [5, 5.41) is 2.87. The number of amides is 2. The van der Waals surface area contributed by atoms with E-state index in [-0.39, 0.29) is 17.3 Å². The maximum atomic E-state index is 13.0. The first-order valence-corrected chi connectivity index (χ1v) is 9.96. The van der Waals surface area contributed by atoms with Crippen molar-refractivity contribution in [3.05, 3.63) is 60.2 Å². The van der Waals surface area contributed by atoms with Crippen molar-refractivity contribution in [2.75, 3.05) is 25.0 Å². The second kappa shape index (κ2) is 7.51. The maximum Gasteiger partial charge on any atom is 0.321 e. The minimum Gasteiger partial charge on any atom is -0.324 e. The predicted octanol–water partition coefficient (Wildman–Crippen LogP) is 4.30.